The molecule has 1 unspecified atom stereocenters. The van der Waals surface area contributed by atoms with Crippen molar-refractivity contribution in [2.45, 2.75) is 65.8 Å². The number of carbonyl (C=O) groups is 2. The van der Waals surface area contributed by atoms with Gasteiger partial charge in [0.1, 0.15) is 17.5 Å². The molecule has 0 amide bonds. The second-order valence-corrected chi connectivity index (χ2v) is 11.6. The first-order valence-corrected chi connectivity index (χ1v) is 13.2. The lowest BCUT2D eigenvalue weighted by Crippen LogP contribution is -2.39. The second kappa shape index (κ2) is 11.7. The Bertz CT molecular complexity index is 1320. The third-order valence-electron chi connectivity index (χ3n) is 7.11. The van der Waals surface area contributed by atoms with Crippen molar-refractivity contribution >= 4 is 22.8 Å². The summed E-state index contributed by atoms with van der Waals surface area (Å²) in [7, 11) is 5.72. The predicted molar refractivity (Wildman–Crippen MR) is 153 cm³/mol. The molecule has 206 valence electrons. The van der Waals surface area contributed by atoms with Crippen molar-refractivity contribution in [2.24, 2.45) is 11.7 Å². The number of aromatic nitrogens is 1. The van der Waals surface area contributed by atoms with E-state index in [9.17, 15) is 9.59 Å². The van der Waals surface area contributed by atoms with Crippen LogP contribution in [-0.2, 0) is 16.6 Å². The molecular formula is C31H43N3O4. The Morgan fingerprint density at radius 1 is 1.11 bits per heavy atom. The minimum absolute atomic E-state index is 0.0302. The Kier molecular flexibility index (Phi) is 9.05. The van der Waals surface area contributed by atoms with Gasteiger partial charge in [0, 0.05) is 35.5 Å². The Morgan fingerprint density at radius 3 is 2.39 bits per heavy atom. The number of hydrogen-bond acceptors (Lipinski definition) is 6. The Hall–Kier alpha value is -3.16. The molecule has 0 spiro atoms. The summed E-state index contributed by atoms with van der Waals surface area (Å²) in [6.45, 7) is 12.6. The van der Waals surface area contributed by atoms with Gasteiger partial charge in [-0.2, -0.15) is 0 Å². The van der Waals surface area contributed by atoms with Crippen LogP contribution in [0.5, 0.6) is 11.5 Å². The molecule has 1 atom stereocenters. The van der Waals surface area contributed by atoms with Crippen LogP contribution in [0.25, 0.3) is 10.9 Å². The number of fused-ring (bicyclic) bond motifs is 1. The van der Waals surface area contributed by atoms with Crippen molar-refractivity contribution in [3.63, 3.8) is 0 Å². The molecule has 2 aromatic carbocycles. The van der Waals surface area contributed by atoms with Crippen LogP contribution in [0.4, 0.5) is 0 Å². The number of hydrogen-bond donors (Lipinski definition) is 1. The lowest BCUT2D eigenvalue weighted by molar-refractivity contribution is -0.136. The molecule has 0 saturated heterocycles. The molecule has 3 rings (SSSR count). The van der Waals surface area contributed by atoms with E-state index in [4.69, 9.17) is 15.2 Å². The molecular weight excluding hydrogens is 478 g/mol. The third-order valence-corrected chi connectivity index (χ3v) is 7.11. The van der Waals surface area contributed by atoms with Crippen LogP contribution < -0.4 is 15.2 Å². The summed E-state index contributed by atoms with van der Waals surface area (Å²) in [6.07, 6.45) is 2.99. The van der Waals surface area contributed by atoms with E-state index in [0.717, 1.165) is 51.9 Å². The Morgan fingerprint density at radius 2 is 1.79 bits per heavy atom. The molecule has 2 N–H and O–H groups in total. The van der Waals surface area contributed by atoms with Gasteiger partial charge in [0.15, 0.2) is 0 Å². The average molecular weight is 522 g/mol. The molecule has 0 aliphatic carbocycles. The van der Waals surface area contributed by atoms with Gasteiger partial charge in [-0.1, -0.05) is 33.8 Å². The zero-order valence-electron chi connectivity index (χ0n) is 24.3. The van der Waals surface area contributed by atoms with E-state index in [0.29, 0.717) is 5.75 Å². The summed E-state index contributed by atoms with van der Waals surface area (Å²) in [5.41, 5.74) is 10.2. The molecule has 0 aliphatic rings. The minimum Gasteiger partial charge on any atom is -0.497 e. The maximum absolute atomic E-state index is 13.9. The van der Waals surface area contributed by atoms with Crippen LogP contribution in [0.2, 0.25) is 0 Å². The smallest absolute Gasteiger partial charge is 0.328 e. The zero-order valence-corrected chi connectivity index (χ0v) is 24.3. The van der Waals surface area contributed by atoms with Crippen LogP contribution in [0.1, 0.15) is 61.2 Å². The molecule has 7 heteroatoms. The van der Waals surface area contributed by atoms with Crippen LogP contribution in [-0.4, -0.2) is 55.1 Å². The maximum Gasteiger partial charge on any atom is 0.328 e. The quantitative estimate of drug-likeness (QED) is 0.289. The van der Waals surface area contributed by atoms with Crippen molar-refractivity contribution in [1.29, 1.82) is 0 Å². The number of nitrogens with zero attached hydrogens (tertiary/aromatic N) is 2. The predicted octanol–water partition coefficient (Wildman–Crippen LogP) is 5.27. The van der Waals surface area contributed by atoms with Crippen LogP contribution >= 0.6 is 0 Å². The number of ether oxygens (including phenoxy) is 2. The van der Waals surface area contributed by atoms with Gasteiger partial charge in [-0.25, -0.2) is 4.79 Å². The van der Waals surface area contributed by atoms with E-state index in [1.54, 1.807) is 11.7 Å². The molecule has 0 fully saturated rings. The van der Waals surface area contributed by atoms with Gasteiger partial charge in [-0.3, -0.25) is 9.36 Å². The van der Waals surface area contributed by atoms with Gasteiger partial charge in [-0.15, -0.1) is 0 Å². The van der Waals surface area contributed by atoms with Crippen molar-refractivity contribution < 1.29 is 19.1 Å². The van der Waals surface area contributed by atoms with Gasteiger partial charge in [0.25, 0.3) is 0 Å². The molecule has 0 radical (unpaired) electrons. The van der Waals surface area contributed by atoms with E-state index >= 15 is 0 Å². The third kappa shape index (κ3) is 6.45. The number of aryl methyl sites for hydroxylation is 2. The molecule has 0 bridgehead atoms. The lowest BCUT2D eigenvalue weighted by atomic mass is 9.78. The average Bonchev–Trinajstić information content (AvgIpc) is 3.19. The Labute approximate surface area is 226 Å². The SMILES string of the molecule is COc1ccc2c(c1)c(CCN(C)C)cn2C(=O)CC(C)(C)c1c(C)cc(C)cc1OC(=O)C(N)C(C)C. The highest BCUT2D eigenvalue weighted by Crippen LogP contribution is 2.39. The molecule has 38 heavy (non-hydrogen) atoms. The fourth-order valence-electron chi connectivity index (χ4n) is 5.03. The van der Waals surface area contributed by atoms with Crippen molar-refractivity contribution in [3.8, 4) is 11.5 Å². The molecule has 1 heterocycles. The fourth-order valence-corrected chi connectivity index (χ4v) is 5.03. The summed E-state index contributed by atoms with van der Waals surface area (Å²) < 4.78 is 13.1. The van der Waals surface area contributed by atoms with E-state index in [1.165, 1.54) is 0 Å². The standard InChI is InChI=1S/C31H43N3O4/c1-19(2)29(32)30(36)38-26-15-20(3)14-21(4)28(26)31(5,6)17-27(35)34-18-22(12-13-33(7)8)24-16-23(37-9)10-11-25(24)34/h10-11,14-16,18-19,29H,12-13,17,32H2,1-9H3. The van der Waals surface area contributed by atoms with Crippen molar-refractivity contribution in [3.05, 3.63) is 58.8 Å². The Balaban J connectivity index is 2.00. The molecule has 7 nitrogen and oxygen atoms in total. The van der Waals surface area contributed by atoms with Gasteiger partial charge in [-0.05, 0) is 81.2 Å². The number of esters is 1. The summed E-state index contributed by atoms with van der Waals surface area (Å²) in [6, 6.07) is 9.00. The van der Waals surface area contributed by atoms with E-state index in [1.807, 2.05) is 86.1 Å². The number of nitrogens with two attached hydrogens (primary N) is 1. The van der Waals surface area contributed by atoms with Gasteiger partial charge in [0.05, 0.1) is 12.6 Å². The highest BCUT2D eigenvalue weighted by Gasteiger charge is 2.32. The number of likely N-dealkylation sites (N-methyl/N-ethyl adjacent to an activating group) is 1. The molecule has 1 aromatic heterocycles. The largest absolute Gasteiger partial charge is 0.497 e. The van der Waals surface area contributed by atoms with Crippen molar-refractivity contribution in [2.75, 3.05) is 27.7 Å². The summed E-state index contributed by atoms with van der Waals surface area (Å²) in [5, 5.41) is 1.01. The lowest BCUT2D eigenvalue weighted by Gasteiger charge is -2.29. The molecule has 0 aliphatic heterocycles. The first kappa shape index (κ1) is 29.4. The summed E-state index contributed by atoms with van der Waals surface area (Å²) in [4.78, 5) is 28.8. The van der Waals surface area contributed by atoms with E-state index in [-0.39, 0.29) is 18.2 Å². The maximum atomic E-state index is 13.9. The second-order valence-electron chi connectivity index (χ2n) is 11.6. The first-order valence-electron chi connectivity index (χ1n) is 13.2. The van der Waals surface area contributed by atoms with Gasteiger partial charge < -0.3 is 20.1 Å². The highest BCUT2D eigenvalue weighted by molar-refractivity contribution is 5.95. The summed E-state index contributed by atoms with van der Waals surface area (Å²) >= 11 is 0. The fraction of sp³-hybridized carbons (Fsp3) is 0.484. The number of rotatable bonds is 10. The summed E-state index contributed by atoms with van der Waals surface area (Å²) in [5.74, 6) is 0.682. The van der Waals surface area contributed by atoms with Crippen LogP contribution in [0.15, 0.2) is 36.5 Å². The molecule has 0 saturated carbocycles. The minimum atomic E-state index is -0.725. The van der Waals surface area contributed by atoms with E-state index < -0.39 is 17.4 Å². The van der Waals surface area contributed by atoms with Gasteiger partial charge in [0.2, 0.25) is 5.91 Å². The van der Waals surface area contributed by atoms with Crippen LogP contribution in [0.3, 0.4) is 0 Å². The normalized spacial score (nSPS) is 12.8. The molecule has 3 aromatic rings. The van der Waals surface area contributed by atoms with Gasteiger partial charge >= 0.3 is 5.97 Å². The monoisotopic (exact) mass is 521 g/mol. The zero-order chi connectivity index (χ0) is 28.4. The topological polar surface area (TPSA) is 86.8 Å². The highest BCUT2D eigenvalue weighted by atomic mass is 16.5. The number of benzene rings is 2. The van der Waals surface area contributed by atoms with E-state index in [2.05, 4.69) is 11.0 Å². The first-order chi connectivity index (χ1) is 17.7. The number of carbonyl (C=O) groups excluding carboxylic acids is 2. The number of methoxy groups -OCH3 is 1. The van der Waals surface area contributed by atoms with Crippen LogP contribution in [0, 0.1) is 19.8 Å². The van der Waals surface area contributed by atoms with Crippen molar-refractivity contribution in [1.82, 2.24) is 9.47 Å².